The third-order valence-corrected chi connectivity index (χ3v) is 4.16. The lowest BCUT2D eigenvalue weighted by Crippen LogP contribution is -2.30. The van der Waals surface area contributed by atoms with Gasteiger partial charge < -0.3 is 14.6 Å². The number of rotatable bonds is 6. The number of pyridine rings is 2. The van der Waals surface area contributed by atoms with E-state index in [0.717, 1.165) is 23.9 Å². The Hall–Kier alpha value is -3.36. The predicted molar refractivity (Wildman–Crippen MR) is 96.1 cm³/mol. The highest BCUT2D eigenvalue weighted by atomic mass is 19.1. The molecule has 0 bridgehead atoms. The van der Waals surface area contributed by atoms with Crippen LogP contribution in [0.25, 0.3) is 10.9 Å². The molecular formula is C19H16F3N3O3. The lowest BCUT2D eigenvalue weighted by atomic mass is 10.1. The first-order chi connectivity index (χ1) is 13.5. The molecule has 1 aromatic carbocycles. The third-order valence-electron chi connectivity index (χ3n) is 4.16. The molecule has 3 rings (SSSR count). The fraction of sp³-hybridized carbons (Fsp3) is 0.211. The molecule has 2 aromatic heterocycles. The lowest BCUT2D eigenvalue weighted by Gasteiger charge is -2.15. The molecular weight excluding hydrogens is 375 g/mol. The summed E-state index contributed by atoms with van der Waals surface area (Å²) in [7, 11) is 1.07. The Bertz CT molecular complexity index is 1080. The Morgan fingerprint density at radius 3 is 2.79 bits per heavy atom. The van der Waals surface area contributed by atoms with Gasteiger partial charge in [0.05, 0.1) is 24.6 Å². The highest BCUT2D eigenvalue weighted by Crippen LogP contribution is 2.28. The van der Waals surface area contributed by atoms with Gasteiger partial charge in [-0.05, 0) is 17.7 Å². The average Bonchev–Trinajstić information content (AvgIpc) is 2.69. The summed E-state index contributed by atoms with van der Waals surface area (Å²) < 4.78 is 47.4. The van der Waals surface area contributed by atoms with Crippen LogP contribution in [-0.2, 0) is 13.1 Å². The van der Waals surface area contributed by atoms with Crippen molar-refractivity contribution in [1.82, 2.24) is 14.9 Å². The fourth-order valence-corrected chi connectivity index (χ4v) is 2.87. The van der Waals surface area contributed by atoms with E-state index in [2.05, 4.69) is 15.0 Å². The van der Waals surface area contributed by atoms with E-state index in [1.54, 1.807) is 24.5 Å². The van der Waals surface area contributed by atoms with E-state index in [4.69, 9.17) is 0 Å². The first-order valence-electron chi connectivity index (χ1n) is 8.30. The number of nitrogens with zero attached hydrogens (tertiary/aromatic N) is 2. The van der Waals surface area contributed by atoms with E-state index in [-0.39, 0.29) is 29.6 Å². The number of alkyl halides is 1. The number of benzene rings is 1. The number of methoxy groups -OCH3 is 1. The summed E-state index contributed by atoms with van der Waals surface area (Å²) >= 11 is 0. The Kier molecular flexibility index (Phi) is 5.62. The summed E-state index contributed by atoms with van der Waals surface area (Å²) in [5.41, 5.74) is -0.852. The summed E-state index contributed by atoms with van der Waals surface area (Å²) in [6.07, 6.45) is 4.17. The topological polar surface area (TPSA) is 73.2 Å². The smallest absolute Gasteiger partial charge is 0.257 e. The minimum Gasteiger partial charge on any atom is -0.491 e. The highest BCUT2D eigenvalue weighted by molar-refractivity contribution is 5.97. The van der Waals surface area contributed by atoms with Crippen LogP contribution in [0.4, 0.5) is 13.2 Å². The van der Waals surface area contributed by atoms with E-state index in [1.807, 2.05) is 0 Å². The van der Waals surface area contributed by atoms with Crippen molar-refractivity contribution in [3.8, 4) is 5.75 Å². The highest BCUT2D eigenvalue weighted by Gasteiger charge is 2.22. The zero-order valence-electron chi connectivity index (χ0n) is 14.8. The van der Waals surface area contributed by atoms with Gasteiger partial charge in [-0.15, -0.1) is 0 Å². The van der Waals surface area contributed by atoms with Crippen LogP contribution in [0.1, 0.15) is 15.9 Å². The second kappa shape index (κ2) is 8.12. The molecule has 0 atom stereocenters. The quantitative estimate of drug-likeness (QED) is 0.701. The van der Waals surface area contributed by atoms with Gasteiger partial charge in [-0.1, -0.05) is 6.07 Å². The normalized spacial score (nSPS) is 10.9. The number of carbonyl (C=O) groups is 1. The van der Waals surface area contributed by atoms with Crippen LogP contribution in [0.3, 0.4) is 0 Å². The maximum atomic E-state index is 14.6. The van der Waals surface area contributed by atoms with Crippen LogP contribution in [0.2, 0.25) is 0 Å². The van der Waals surface area contributed by atoms with Crippen LogP contribution in [-0.4, -0.2) is 29.2 Å². The van der Waals surface area contributed by atoms with Gasteiger partial charge in [0.1, 0.15) is 12.2 Å². The van der Waals surface area contributed by atoms with E-state index in [1.165, 1.54) is 0 Å². The molecule has 0 radical (unpaired) electrons. The Morgan fingerprint density at radius 1 is 1.36 bits per heavy atom. The molecule has 0 fully saturated rings. The van der Waals surface area contributed by atoms with Crippen molar-refractivity contribution < 1.29 is 22.7 Å². The third kappa shape index (κ3) is 3.55. The minimum atomic E-state index is -1.13. The van der Waals surface area contributed by atoms with Gasteiger partial charge in [-0.25, -0.2) is 13.2 Å². The fourth-order valence-electron chi connectivity index (χ4n) is 2.87. The van der Waals surface area contributed by atoms with Crippen molar-refractivity contribution in [2.45, 2.75) is 13.1 Å². The maximum Gasteiger partial charge on any atom is 0.257 e. The molecule has 9 heteroatoms. The molecule has 1 N–H and O–H groups in total. The van der Waals surface area contributed by atoms with Crippen LogP contribution in [0.15, 0.2) is 41.6 Å². The molecule has 146 valence electrons. The predicted octanol–water partition coefficient (Wildman–Crippen LogP) is 2.58. The van der Waals surface area contributed by atoms with Crippen LogP contribution < -0.4 is 15.5 Å². The first kappa shape index (κ1) is 19.4. The molecule has 0 saturated carbocycles. The molecule has 0 saturated heterocycles. The monoisotopic (exact) mass is 391 g/mol. The number of halogens is 3. The van der Waals surface area contributed by atoms with E-state index in [0.29, 0.717) is 5.56 Å². The summed E-state index contributed by atoms with van der Waals surface area (Å²) in [5, 5.41) is 2.17. The van der Waals surface area contributed by atoms with Gasteiger partial charge in [0.2, 0.25) is 5.43 Å². The second-order valence-corrected chi connectivity index (χ2v) is 5.90. The number of aromatic nitrogens is 2. The van der Waals surface area contributed by atoms with Crippen molar-refractivity contribution in [2.24, 2.45) is 0 Å². The number of nitrogens with one attached hydrogen (secondary N) is 1. The largest absolute Gasteiger partial charge is 0.491 e. The number of carbonyl (C=O) groups excluding carboxylic acids is 1. The average molecular weight is 391 g/mol. The standard InChI is InChI=1S/C19H16F3N3O3/c1-28-18-14(21)7-12-16(15(18)22)25(6-4-20)10-13(17(12)26)19(27)24-9-11-3-2-5-23-8-11/h2-3,5,7-8,10H,4,6,9H2,1H3,(H,24,27). The summed E-state index contributed by atoms with van der Waals surface area (Å²) in [6.45, 7) is -1.11. The molecule has 1 amide bonds. The van der Waals surface area contributed by atoms with Crippen molar-refractivity contribution >= 4 is 16.8 Å². The zero-order chi connectivity index (χ0) is 20.3. The molecule has 0 aliphatic carbocycles. The van der Waals surface area contributed by atoms with E-state index in [9.17, 15) is 22.8 Å². The van der Waals surface area contributed by atoms with Gasteiger partial charge >= 0.3 is 0 Å². The molecule has 28 heavy (non-hydrogen) atoms. The summed E-state index contributed by atoms with van der Waals surface area (Å²) in [5.74, 6) is -3.66. The number of ether oxygens (including phenoxy) is 1. The van der Waals surface area contributed by atoms with E-state index < -0.39 is 35.4 Å². The van der Waals surface area contributed by atoms with Gasteiger partial charge in [0.25, 0.3) is 5.91 Å². The number of aryl methyl sites for hydroxylation is 1. The molecule has 0 aliphatic rings. The number of amides is 1. The first-order valence-corrected chi connectivity index (χ1v) is 8.30. The lowest BCUT2D eigenvalue weighted by molar-refractivity contribution is 0.0949. The zero-order valence-corrected chi connectivity index (χ0v) is 14.8. The SMILES string of the molecule is COc1c(F)cc2c(=O)c(C(=O)NCc3cccnc3)cn(CCF)c2c1F. The Labute approximate surface area is 157 Å². The van der Waals surface area contributed by atoms with Gasteiger partial charge in [0, 0.05) is 25.1 Å². The molecule has 3 aromatic rings. The summed E-state index contributed by atoms with van der Waals surface area (Å²) in [4.78, 5) is 29.1. The Morgan fingerprint density at radius 2 is 2.14 bits per heavy atom. The van der Waals surface area contributed by atoms with Crippen LogP contribution >= 0.6 is 0 Å². The second-order valence-electron chi connectivity index (χ2n) is 5.90. The number of fused-ring (bicyclic) bond motifs is 1. The van der Waals surface area contributed by atoms with Crippen LogP contribution in [0.5, 0.6) is 5.75 Å². The van der Waals surface area contributed by atoms with Crippen molar-refractivity contribution in [3.63, 3.8) is 0 Å². The van der Waals surface area contributed by atoms with Crippen LogP contribution in [0, 0.1) is 11.6 Å². The Balaban J connectivity index is 2.09. The van der Waals surface area contributed by atoms with E-state index >= 15 is 0 Å². The minimum absolute atomic E-state index is 0.0958. The van der Waals surface area contributed by atoms with Crippen molar-refractivity contribution in [1.29, 1.82) is 0 Å². The maximum absolute atomic E-state index is 14.6. The molecule has 2 heterocycles. The molecule has 0 spiro atoms. The van der Waals surface area contributed by atoms with Gasteiger partial charge in [-0.3, -0.25) is 14.6 Å². The van der Waals surface area contributed by atoms with Gasteiger partial charge in [0.15, 0.2) is 17.4 Å². The number of hydrogen-bond acceptors (Lipinski definition) is 4. The molecule has 0 aliphatic heterocycles. The van der Waals surface area contributed by atoms with Crippen molar-refractivity contribution in [2.75, 3.05) is 13.8 Å². The summed E-state index contributed by atoms with van der Waals surface area (Å²) in [6, 6.07) is 4.20. The van der Waals surface area contributed by atoms with Gasteiger partial charge in [-0.2, -0.15) is 0 Å². The van der Waals surface area contributed by atoms with Crippen molar-refractivity contribution in [3.05, 3.63) is 69.8 Å². The molecule has 0 unspecified atom stereocenters. The number of hydrogen-bond donors (Lipinski definition) is 1. The molecule has 6 nitrogen and oxygen atoms in total.